The molecule has 0 aliphatic rings. The van der Waals surface area contributed by atoms with E-state index in [9.17, 15) is 8.78 Å². The zero-order valence-electron chi connectivity index (χ0n) is 6.26. The van der Waals surface area contributed by atoms with E-state index >= 15 is 0 Å². The van der Waals surface area contributed by atoms with E-state index in [4.69, 9.17) is 11.0 Å². The molecular formula is C7H4F2IN3. The van der Waals surface area contributed by atoms with Crippen molar-refractivity contribution >= 4 is 28.4 Å². The zero-order valence-corrected chi connectivity index (χ0v) is 8.42. The molecule has 6 heteroatoms. The fourth-order valence-corrected chi connectivity index (χ4v) is 1.65. The van der Waals surface area contributed by atoms with Gasteiger partial charge in [-0.1, -0.05) is 0 Å². The molecule has 0 unspecified atom stereocenters. The van der Waals surface area contributed by atoms with Crippen LogP contribution < -0.4 is 5.73 Å². The Morgan fingerprint density at radius 1 is 1.62 bits per heavy atom. The summed E-state index contributed by atoms with van der Waals surface area (Å²) < 4.78 is 25.0. The highest BCUT2D eigenvalue weighted by Gasteiger charge is 2.18. The van der Waals surface area contributed by atoms with Crippen molar-refractivity contribution in [1.82, 2.24) is 4.98 Å². The summed E-state index contributed by atoms with van der Waals surface area (Å²) in [7, 11) is 0. The van der Waals surface area contributed by atoms with Gasteiger partial charge in [-0.2, -0.15) is 5.26 Å². The summed E-state index contributed by atoms with van der Waals surface area (Å²) in [5.41, 5.74) is 4.64. The van der Waals surface area contributed by atoms with Crippen LogP contribution in [0.4, 0.5) is 14.6 Å². The summed E-state index contributed by atoms with van der Waals surface area (Å²) in [4.78, 5) is 3.51. The lowest BCUT2D eigenvalue weighted by Crippen LogP contribution is -2.01. The van der Waals surface area contributed by atoms with Crippen LogP contribution >= 0.6 is 22.6 Å². The molecule has 0 saturated carbocycles. The molecule has 1 aromatic rings. The van der Waals surface area contributed by atoms with Gasteiger partial charge in [0.15, 0.2) is 5.69 Å². The molecule has 0 aliphatic carbocycles. The van der Waals surface area contributed by atoms with Gasteiger partial charge in [-0.25, -0.2) is 13.8 Å². The second kappa shape index (κ2) is 3.83. The van der Waals surface area contributed by atoms with E-state index in [2.05, 4.69) is 4.98 Å². The molecule has 3 nitrogen and oxygen atoms in total. The number of alkyl halides is 2. The van der Waals surface area contributed by atoms with Crippen molar-refractivity contribution in [1.29, 1.82) is 5.26 Å². The van der Waals surface area contributed by atoms with Crippen molar-refractivity contribution in [2.45, 2.75) is 6.43 Å². The normalized spacial score (nSPS) is 10.1. The number of nitrogen functional groups attached to an aromatic ring is 1. The number of halogens is 3. The SMILES string of the molecule is N#Cc1nc(N)cc(I)c1C(F)F. The van der Waals surface area contributed by atoms with E-state index in [1.54, 1.807) is 28.7 Å². The van der Waals surface area contributed by atoms with Crippen molar-refractivity contribution in [2.75, 3.05) is 5.73 Å². The third kappa shape index (κ3) is 2.03. The summed E-state index contributed by atoms with van der Waals surface area (Å²) >= 11 is 1.70. The topological polar surface area (TPSA) is 62.7 Å². The second-order valence-electron chi connectivity index (χ2n) is 2.20. The van der Waals surface area contributed by atoms with Crippen molar-refractivity contribution in [3.63, 3.8) is 0 Å². The zero-order chi connectivity index (χ0) is 10.0. The quantitative estimate of drug-likeness (QED) is 0.807. The standard InChI is InChI=1S/C7H4F2IN3/c8-7(9)6-3(10)1-5(12)13-4(6)2-11/h1,7H,(H2,12,13). The summed E-state index contributed by atoms with van der Waals surface area (Å²) in [6, 6.07) is 2.89. The predicted molar refractivity (Wildman–Crippen MR) is 51.0 cm³/mol. The molecule has 0 bridgehead atoms. The average molecular weight is 295 g/mol. The van der Waals surface area contributed by atoms with Crippen molar-refractivity contribution in [3.8, 4) is 6.07 Å². The number of hydrogen-bond donors (Lipinski definition) is 1. The Kier molecular flexibility index (Phi) is 2.98. The number of rotatable bonds is 1. The molecule has 0 fully saturated rings. The van der Waals surface area contributed by atoms with Gasteiger partial charge in [0.25, 0.3) is 6.43 Å². The lowest BCUT2D eigenvalue weighted by atomic mass is 10.2. The molecule has 0 spiro atoms. The van der Waals surface area contributed by atoms with E-state index < -0.39 is 6.43 Å². The van der Waals surface area contributed by atoms with E-state index in [1.165, 1.54) is 6.07 Å². The van der Waals surface area contributed by atoms with Crippen LogP contribution in [0, 0.1) is 14.9 Å². The minimum absolute atomic E-state index is 0.0744. The number of anilines is 1. The molecule has 0 aliphatic heterocycles. The monoisotopic (exact) mass is 295 g/mol. The number of hydrogen-bond acceptors (Lipinski definition) is 3. The Labute approximate surface area is 86.7 Å². The van der Waals surface area contributed by atoms with Crippen LogP contribution in [0.3, 0.4) is 0 Å². The van der Waals surface area contributed by atoms with Crippen LogP contribution in [0.25, 0.3) is 0 Å². The fourth-order valence-electron chi connectivity index (χ4n) is 0.835. The van der Waals surface area contributed by atoms with Gasteiger partial charge in [0.2, 0.25) is 0 Å². The van der Waals surface area contributed by atoms with Gasteiger partial charge in [0.05, 0.1) is 5.56 Å². The highest BCUT2D eigenvalue weighted by Crippen LogP contribution is 2.27. The summed E-state index contributed by atoms with van der Waals surface area (Å²) in [5, 5.41) is 8.51. The van der Waals surface area contributed by atoms with Gasteiger partial charge in [-0.15, -0.1) is 0 Å². The lowest BCUT2D eigenvalue weighted by molar-refractivity contribution is 0.149. The molecule has 0 atom stereocenters. The summed E-state index contributed by atoms with van der Waals surface area (Å²) in [6.07, 6.45) is -2.70. The number of nitrogens with zero attached hydrogens (tertiary/aromatic N) is 2. The fraction of sp³-hybridized carbons (Fsp3) is 0.143. The molecule has 13 heavy (non-hydrogen) atoms. The molecule has 0 radical (unpaired) electrons. The highest BCUT2D eigenvalue weighted by atomic mass is 127. The van der Waals surface area contributed by atoms with Crippen LogP contribution in [-0.4, -0.2) is 4.98 Å². The first kappa shape index (κ1) is 10.1. The Balaban J connectivity index is 3.41. The van der Waals surface area contributed by atoms with E-state index in [1.807, 2.05) is 0 Å². The second-order valence-corrected chi connectivity index (χ2v) is 3.37. The first-order valence-corrected chi connectivity index (χ1v) is 4.28. The largest absolute Gasteiger partial charge is 0.384 e. The Morgan fingerprint density at radius 2 is 2.23 bits per heavy atom. The Bertz CT molecular complexity index is 373. The minimum Gasteiger partial charge on any atom is -0.384 e. The Morgan fingerprint density at radius 3 is 2.69 bits per heavy atom. The van der Waals surface area contributed by atoms with Gasteiger partial charge >= 0.3 is 0 Å². The summed E-state index contributed by atoms with van der Waals surface area (Å²) in [6.45, 7) is 0. The molecule has 68 valence electrons. The van der Waals surface area contributed by atoms with Crippen LogP contribution in [0.15, 0.2) is 6.07 Å². The van der Waals surface area contributed by atoms with Gasteiger partial charge in [0.1, 0.15) is 11.9 Å². The van der Waals surface area contributed by atoms with E-state index in [0.717, 1.165) is 0 Å². The maximum Gasteiger partial charge on any atom is 0.267 e. The van der Waals surface area contributed by atoms with Gasteiger partial charge < -0.3 is 5.73 Å². The molecule has 0 amide bonds. The van der Waals surface area contributed by atoms with Gasteiger partial charge in [-0.3, -0.25) is 0 Å². The minimum atomic E-state index is -2.70. The number of pyridine rings is 1. The Hall–Kier alpha value is -0.970. The van der Waals surface area contributed by atoms with Crippen molar-refractivity contribution in [3.05, 3.63) is 20.9 Å². The molecule has 0 saturated heterocycles. The molecule has 1 aromatic heterocycles. The number of aromatic nitrogens is 1. The van der Waals surface area contributed by atoms with Crippen molar-refractivity contribution < 1.29 is 8.78 Å². The van der Waals surface area contributed by atoms with Gasteiger partial charge in [0, 0.05) is 3.57 Å². The molecule has 1 heterocycles. The molecule has 1 rings (SSSR count). The smallest absolute Gasteiger partial charge is 0.267 e. The maximum absolute atomic E-state index is 12.4. The molecular weight excluding hydrogens is 291 g/mol. The van der Waals surface area contributed by atoms with E-state index in [-0.39, 0.29) is 20.6 Å². The third-order valence-electron chi connectivity index (χ3n) is 1.35. The third-order valence-corrected chi connectivity index (χ3v) is 2.24. The van der Waals surface area contributed by atoms with Crippen LogP contribution in [0.1, 0.15) is 17.7 Å². The number of nitrogens with two attached hydrogens (primary N) is 1. The first-order chi connectivity index (χ1) is 6.06. The van der Waals surface area contributed by atoms with Crippen LogP contribution in [-0.2, 0) is 0 Å². The lowest BCUT2D eigenvalue weighted by Gasteiger charge is -2.05. The highest BCUT2D eigenvalue weighted by molar-refractivity contribution is 14.1. The van der Waals surface area contributed by atoms with Gasteiger partial charge in [-0.05, 0) is 28.7 Å². The van der Waals surface area contributed by atoms with Crippen LogP contribution in [0.2, 0.25) is 0 Å². The predicted octanol–water partition coefficient (Wildman–Crippen LogP) is 2.08. The molecule has 2 N–H and O–H groups in total. The van der Waals surface area contributed by atoms with E-state index in [0.29, 0.717) is 0 Å². The first-order valence-electron chi connectivity index (χ1n) is 3.20. The molecule has 0 aromatic carbocycles. The number of nitriles is 1. The van der Waals surface area contributed by atoms with Crippen LogP contribution in [0.5, 0.6) is 0 Å². The average Bonchev–Trinajstić information content (AvgIpc) is 2.01. The maximum atomic E-state index is 12.4. The van der Waals surface area contributed by atoms with Crippen molar-refractivity contribution in [2.24, 2.45) is 0 Å². The summed E-state index contributed by atoms with van der Waals surface area (Å²) in [5.74, 6) is 0.0744.